The fourth-order valence-electron chi connectivity index (χ4n) is 2.24. The molecular formula is C12H19N3O2. The maximum atomic E-state index is 12.2. The summed E-state index contributed by atoms with van der Waals surface area (Å²) in [6, 6.07) is 0. The maximum absolute atomic E-state index is 12.2. The largest absolute Gasteiger partial charge is 0.393 e. The fraction of sp³-hybridized carbons (Fsp3) is 0.667. The Morgan fingerprint density at radius 2 is 2.35 bits per heavy atom. The van der Waals surface area contributed by atoms with Crippen LogP contribution in [0.5, 0.6) is 0 Å². The van der Waals surface area contributed by atoms with E-state index in [1.165, 1.54) is 0 Å². The summed E-state index contributed by atoms with van der Waals surface area (Å²) in [6.07, 6.45) is 2.15. The van der Waals surface area contributed by atoms with Gasteiger partial charge in [-0.2, -0.15) is 5.10 Å². The monoisotopic (exact) mass is 237 g/mol. The van der Waals surface area contributed by atoms with Crippen LogP contribution in [-0.2, 0) is 7.05 Å². The van der Waals surface area contributed by atoms with E-state index in [1.807, 2.05) is 14.0 Å². The lowest BCUT2D eigenvalue weighted by molar-refractivity contribution is 0.0761. The first-order valence-corrected chi connectivity index (χ1v) is 5.96. The molecule has 2 rings (SSSR count). The molecule has 0 saturated carbocycles. The van der Waals surface area contributed by atoms with Crippen molar-refractivity contribution in [1.29, 1.82) is 0 Å². The van der Waals surface area contributed by atoms with Crippen LogP contribution >= 0.6 is 0 Å². The number of amides is 1. The Morgan fingerprint density at radius 3 is 2.82 bits per heavy atom. The number of likely N-dealkylation sites (tertiary alicyclic amines) is 1. The van der Waals surface area contributed by atoms with Crippen LogP contribution in [0.3, 0.4) is 0 Å². The van der Waals surface area contributed by atoms with Gasteiger partial charge < -0.3 is 10.0 Å². The molecule has 0 aromatic carbocycles. The third-order valence-corrected chi connectivity index (χ3v) is 3.66. The maximum Gasteiger partial charge on any atom is 0.257 e. The molecule has 2 atom stereocenters. The van der Waals surface area contributed by atoms with E-state index in [0.717, 1.165) is 18.7 Å². The van der Waals surface area contributed by atoms with Crippen molar-refractivity contribution < 1.29 is 9.90 Å². The number of carbonyl (C=O) groups excluding carboxylic acids is 1. The standard InChI is InChI=1S/C12H19N3O2/c1-8-11(6-13-14(8)3)12(17)15-5-4-10(7-15)9(2)16/h6,9-10,16H,4-5,7H2,1-3H3. The van der Waals surface area contributed by atoms with Crippen LogP contribution < -0.4 is 0 Å². The second-order valence-electron chi connectivity index (χ2n) is 4.81. The molecule has 1 aromatic heterocycles. The Hall–Kier alpha value is -1.36. The van der Waals surface area contributed by atoms with Crippen molar-refractivity contribution in [1.82, 2.24) is 14.7 Å². The van der Waals surface area contributed by atoms with E-state index < -0.39 is 0 Å². The van der Waals surface area contributed by atoms with Crippen molar-refractivity contribution in [2.45, 2.75) is 26.4 Å². The minimum atomic E-state index is -0.345. The van der Waals surface area contributed by atoms with Gasteiger partial charge >= 0.3 is 0 Å². The first kappa shape index (κ1) is 12.1. The number of carbonyl (C=O) groups is 1. The van der Waals surface area contributed by atoms with Crippen LogP contribution in [0, 0.1) is 12.8 Å². The van der Waals surface area contributed by atoms with Gasteiger partial charge in [0.1, 0.15) is 0 Å². The fourth-order valence-corrected chi connectivity index (χ4v) is 2.24. The molecule has 1 saturated heterocycles. The molecule has 1 N–H and O–H groups in total. The van der Waals surface area contributed by atoms with Gasteiger partial charge in [0.25, 0.3) is 5.91 Å². The van der Waals surface area contributed by atoms with E-state index in [4.69, 9.17) is 0 Å². The Bertz CT molecular complexity index is 425. The number of aliphatic hydroxyl groups excluding tert-OH is 1. The van der Waals surface area contributed by atoms with Gasteiger partial charge in [-0.25, -0.2) is 0 Å². The van der Waals surface area contributed by atoms with Crippen LogP contribution in [0.1, 0.15) is 29.4 Å². The molecule has 1 aliphatic rings. The summed E-state index contributed by atoms with van der Waals surface area (Å²) in [6.45, 7) is 5.05. The molecular weight excluding hydrogens is 218 g/mol. The number of aliphatic hydroxyl groups is 1. The van der Waals surface area contributed by atoms with Gasteiger partial charge in [0.2, 0.25) is 0 Å². The molecule has 0 spiro atoms. The van der Waals surface area contributed by atoms with Gasteiger partial charge in [-0.15, -0.1) is 0 Å². The number of nitrogens with zero attached hydrogens (tertiary/aromatic N) is 3. The Balaban J connectivity index is 2.10. The molecule has 5 heteroatoms. The molecule has 5 nitrogen and oxygen atoms in total. The van der Waals surface area contributed by atoms with E-state index in [9.17, 15) is 9.90 Å². The normalized spacial score (nSPS) is 21.9. The van der Waals surface area contributed by atoms with Crippen molar-refractivity contribution in [3.05, 3.63) is 17.5 Å². The van der Waals surface area contributed by atoms with Crippen LogP contribution in [0.15, 0.2) is 6.20 Å². The minimum Gasteiger partial charge on any atom is -0.393 e. The zero-order chi connectivity index (χ0) is 12.6. The number of hydrogen-bond donors (Lipinski definition) is 1. The van der Waals surface area contributed by atoms with E-state index in [2.05, 4.69) is 5.10 Å². The number of rotatable bonds is 2. The van der Waals surface area contributed by atoms with Crippen molar-refractivity contribution in [2.24, 2.45) is 13.0 Å². The van der Waals surface area contributed by atoms with E-state index in [0.29, 0.717) is 12.1 Å². The van der Waals surface area contributed by atoms with Gasteiger partial charge in [0.15, 0.2) is 0 Å². The molecule has 0 radical (unpaired) electrons. The average molecular weight is 237 g/mol. The number of aryl methyl sites for hydroxylation is 1. The van der Waals surface area contributed by atoms with Gasteiger partial charge in [0, 0.05) is 31.7 Å². The van der Waals surface area contributed by atoms with E-state index >= 15 is 0 Å². The van der Waals surface area contributed by atoms with Crippen molar-refractivity contribution in [3.63, 3.8) is 0 Å². The lowest BCUT2D eigenvalue weighted by Crippen LogP contribution is -2.30. The minimum absolute atomic E-state index is 0.0266. The highest BCUT2D eigenvalue weighted by Gasteiger charge is 2.30. The molecule has 1 aromatic rings. The average Bonchev–Trinajstić information content (AvgIpc) is 2.87. The Labute approximate surface area is 101 Å². The first-order chi connectivity index (χ1) is 8.00. The Kier molecular flexibility index (Phi) is 3.19. The molecule has 1 amide bonds. The van der Waals surface area contributed by atoms with Crippen LogP contribution in [0.2, 0.25) is 0 Å². The van der Waals surface area contributed by atoms with Gasteiger partial charge in [-0.3, -0.25) is 9.48 Å². The van der Waals surface area contributed by atoms with E-state index in [-0.39, 0.29) is 17.9 Å². The second-order valence-corrected chi connectivity index (χ2v) is 4.81. The summed E-state index contributed by atoms with van der Waals surface area (Å²) in [7, 11) is 1.83. The van der Waals surface area contributed by atoms with Gasteiger partial charge in [-0.05, 0) is 20.3 Å². The van der Waals surface area contributed by atoms with Crippen LogP contribution in [0.25, 0.3) is 0 Å². The summed E-state index contributed by atoms with van der Waals surface area (Å²) in [5, 5.41) is 13.6. The van der Waals surface area contributed by atoms with Crippen molar-refractivity contribution in [2.75, 3.05) is 13.1 Å². The summed E-state index contributed by atoms with van der Waals surface area (Å²) >= 11 is 0. The van der Waals surface area contributed by atoms with Gasteiger partial charge in [-0.1, -0.05) is 0 Å². The van der Waals surface area contributed by atoms with Crippen molar-refractivity contribution in [3.8, 4) is 0 Å². The molecule has 17 heavy (non-hydrogen) atoms. The highest BCUT2D eigenvalue weighted by atomic mass is 16.3. The SMILES string of the molecule is Cc1c(C(=O)N2CCC(C(C)O)C2)cnn1C. The van der Waals surface area contributed by atoms with Crippen molar-refractivity contribution >= 4 is 5.91 Å². The summed E-state index contributed by atoms with van der Waals surface area (Å²) in [4.78, 5) is 14.0. The zero-order valence-electron chi connectivity index (χ0n) is 10.6. The van der Waals surface area contributed by atoms with Crippen LogP contribution in [0.4, 0.5) is 0 Å². The van der Waals surface area contributed by atoms with Gasteiger partial charge in [0.05, 0.1) is 17.9 Å². The molecule has 2 heterocycles. The highest BCUT2D eigenvalue weighted by Crippen LogP contribution is 2.22. The third-order valence-electron chi connectivity index (χ3n) is 3.66. The zero-order valence-corrected chi connectivity index (χ0v) is 10.6. The first-order valence-electron chi connectivity index (χ1n) is 5.96. The van der Waals surface area contributed by atoms with Crippen LogP contribution in [-0.4, -0.2) is 44.9 Å². The topological polar surface area (TPSA) is 58.4 Å². The molecule has 2 unspecified atom stereocenters. The number of hydrogen-bond acceptors (Lipinski definition) is 3. The lowest BCUT2D eigenvalue weighted by atomic mass is 10.0. The molecule has 0 bridgehead atoms. The lowest BCUT2D eigenvalue weighted by Gasteiger charge is -2.17. The molecule has 1 fully saturated rings. The number of aromatic nitrogens is 2. The third kappa shape index (κ3) is 2.20. The highest BCUT2D eigenvalue weighted by molar-refractivity contribution is 5.95. The summed E-state index contributed by atoms with van der Waals surface area (Å²) in [5.74, 6) is 0.231. The quantitative estimate of drug-likeness (QED) is 0.818. The Morgan fingerprint density at radius 1 is 1.65 bits per heavy atom. The predicted molar refractivity (Wildman–Crippen MR) is 63.6 cm³/mol. The predicted octanol–water partition coefficient (Wildman–Crippen LogP) is 0.571. The summed E-state index contributed by atoms with van der Waals surface area (Å²) in [5.41, 5.74) is 1.55. The molecule has 94 valence electrons. The smallest absolute Gasteiger partial charge is 0.257 e. The second kappa shape index (κ2) is 4.49. The van der Waals surface area contributed by atoms with E-state index in [1.54, 1.807) is 22.7 Å². The molecule has 1 aliphatic heterocycles. The molecule has 0 aliphatic carbocycles. The summed E-state index contributed by atoms with van der Waals surface area (Å²) < 4.78 is 1.70.